The first-order chi connectivity index (χ1) is 14.7. The molecule has 2 aliphatic rings. The second-order valence-corrected chi connectivity index (χ2v) is 8.13. The fourth-order valence-corrected chi connectivity index (χ4v) is 4.64. The van der Waals surface area contributed by atoms with Crippen LogP contribution in [0.25, 0.3) is 0 Å². The molecule has 1 unspecified atom stereocenters. The average molecular weight is 402 g/mol. The lowest BCUT2D eigenvalue weighted by Gasteiger charge is -2.36. The molecule has 0 saturated carbocycles. The van der Waals surface area contributed by atoms with Crippen molar-refractivity contribution in [1.29, 1.82) is 0 Å². The molecule has 0 aliphatic carbocycles. The van der Waals surface area contributed by atoms with Gasteiger partial charge in [0, 0.05) is 19.1 Å². The first kappa shape index (κ1) is 19.0. The van der Waals surface area contributed by atoms with Crippen molar-refractivity contribution in [2.45, 2.75) is 38.5 Å². The fraction of sp³-hybridized carbons (Fsp3) is 0.308. The normalized spacial score (nSPS) is 19.2. The monoisotopic (exact) mass is 401 g/mol. The highest BCUT2D eigenvalue weighted by Gasteiger charge is 2.28. The van der Waals surface area contributed by atoms with Gasteiger partial charge in [0.2, 0.25) is 0 Å². The van der Waals surface area contributed by atoms with Crippen LogP contribution in [0.1, 0.15) is 47.7 Å². The molecule has 0 fully saturated rings. The van der Waals surface area contributed by atoms with E-state index in [1.165, 1.54) is 16.7 Å². The van der Waals surface area contributed by atoms with Crippen molar-refractivity contribution in [2.75, 3.05) is 13.2 Å². The summed E-state index contributed by atoms with van der Waals surface area (Å²) < 4.78 is 12.4. The summed E-state index contributed by atoms with van der Waals surface area (Å²) in [5, 5.41) is 9.54. The Balaban J connectivity index is 1.38. The molecule has 0 radical (unpaired) electrons. The lowest BCUT2D eigenvalue weighted by atomic mass is 9.94. The Kier molecular flexibility index (Phi) is 5.09. The molecule has 0 amide bonds. The van der Waals surface area contributed by atoms with E-state index in [-0.39, 0.29) is 11.9 Å². The van der Waals surface area contributed by atoms with Gasteiger partial charge >= 0.3 is 0 Å². The average Bonchev–Trinajstić information content (AvgIpc) is 2.79. The van der Waals surface area contributed by atoms with Crippen LogP contribution in [0.2, 0.25) is 0 Å². The van der Waals surface area contributed by atoms with Crippen molar-refractivity contribution in [3.8, 4) is 17.2 Å². The van der Waals surface area contributed by atoms with Crippen LogP contribution >= 0.6 is 0 Å². The predicted molar refractivity (Wildman–Crippen MR) is 117 cm³/mol. The smallest absolute Gasteiger partial charge is 0.162 e. The van der Waals surface area contributed by atoms with E-state index in [0.29, 0.717) is 12.6 Å². The van der Waals surface area contributed by atoms with Gasteiger partial charge in [-0.2, -0.15) is 0 Å². The Morgan fingerprint density at radius 2 is 1.77 bits per heavy atom. The van der Waals surface area contributed by atoms with Gasteiger partial charge in [-0.3, -0.25) is 4.90 Å². The quantitative estimate of drug-likeness (QED) is 0.634. The van der Waals surface area contributed by atoms with Crippen LogP contribution in [-0.2, 0) is 13.0 Å². The summed E-state index contributed by atoms with van der Waals surface area (Å²) in [5.41, 5.74) is 5.07. The van der Waals surface area contributed by atoms with Gasteiger partial charge in [-0.1, -0.05) is 49.4 Å². The first-order valence-electron chi connectivity index (χ1n) is 10.7. The van der Waals surface area contributed by atoms with Crippen molar-refractivity contribution in [3.05, 3.63) is 89.0 Å². The molecule has 0 saturated heterocycles. The minimum atomic E-state index is -0.163. The number of ether oxygens (including phenoxy) is 2. The highest BCUT2D eigenvalue weighted by Crippen LogP contribution is 2.41. The third kappa shape index (κ3) is 3.63. The van der Waals surface area contributed by atoms with E-state index in [1.54, 1.807) is 12.1 Å². The molecule has 4 heteroatoms. The largest absolute Gasteiger partial charge is 0.508 e. The molecular weight excluding hydrogens is 374 g/mol. The van der Waals surface area contributed by atoms with Crippen molar-refractivity contribution in [3.63, 3.8) is 0 Å². The molecule has 5 rings (SSSR count). The summed E-state index contributed by atoms with van der Waals surface area (Å²) in [7, 11) is 0. The van der Waals surface area contributed by atoms with Crippen LogP contribution in [0.4, 0.5) is 0 Å². The highest BCUT2D eigenvalue weighted by atomic mass is 16.6. The topological polar surface area (TPSA) is 41.9 Å². The minimum absolute atomic E-state index is 0.163. The number of nitrogens with zero attached hydrogens (tertiary/aromatic N) is 1. The van der Waals surface area contributed by atoms with E-state index in [9.17, 15) is 5.11 Å². The maximum Gasteiger partial charge on any atom is 0.162 e. The maximum atomic E-state index is 9.54. The molecule has 0 aromatic heterocycles. The molecule has 4 nitrogen and oxygen atoms in total. The fourth-order valence-electron chi connectivity index (χ4n) is 4.64. The standard InChI is InChI=1S/C26H27NO3/c1-2-23(18-6-4-3-5-7-18)27-13-12-20-14-24-25(15-21(20)16-27)30-26(17-29-24)19-8-10-22(28)11-9-19/h3-11,14-15,23,26,28H,2,12-13,16-17H2,1H3/t23-,26?/m0/s1. The second kappa shape index (κ2) is 8.04. The number of hydrogen-bond acceptors (Lipinski definition) is 4. The second-order valence-electron chi connectivity index (χ2n) is 8.13. The van der Waals surface area contributed by atoms with Crippen molar-refractivity contribution < 1.29 is 14.6 Å². The van der Waals surface area contributed by atoms with Gasteiger partial charge in [-0.15, -0.1) is 0 Å². The van der Waals surface area contributed by atoms with Crippen molar-refractivity contribution >= 4 is 0 Å². The molecule has 3 aromatic carbocycles. The van der Waals surface area contributed by atoms with Crippen LogP contribution < -0.4 is 9.47 Å². The Bertz CT molecular complexity index is 1020. The summed E-state index contributed by atoms with van der Waals surface area (Å²) in [5.74, 6) is 1.91. The lowest BCUT2D eigenvalue weighted by molar-refractivity contribution is 0.0902. The van der Waals surface area contributed by atoms with Crippen LogP contribution in [-0.4, -0.2) is 23.2 Å². The first-order valence-corrected chi connectivity index (χ1v) is 10.7. The lowest BCUT2D eigenvalue weighted by Crippen LogP contribution is -2.34. The number of rotatable bonds is 4. The van der Waals surface area contributed by atoms with Gasteiger partial charge in [0.25, 0.3) is 0 Å². The predicted octanol–water partition coefficient (Wildman–Crippen LogP) is 5.41. The zero-order chi connectivity index (χ0) is 20.5. The van der Waals surface area contributed by atoms with E-state index in [1.807, 2.05) is 12.1 Å². The molecule has 2 heterocycles. The van der Waals surface area contributed by atoms with Gasteiger partial charge in [0.05, 0.1) is 0 Å². The third-order valence-corrected chi connectivity index (χ3v) is 6.24. The molecule has 3 aromatic rings. The van der Waals surface area contributed by atoms with Gasteiger partial charge in [-0.25, -0.2) is 0 Å². The number of benzene rings is 3. The summed E-state index contributed by atoms with van der Waals surface area (Å²) >= 11 is 0. The molecule has 0 bridgehead atoms. The molecular formula is C26H27NO3. The Hall–Kier alpha value is -2.98. The Morgan fingerprint density at radius 1 is 1.00 bits per heavy atom. The summed E-state index contributed by atoms with van der Waals surface area (Å²) in [4.78, 5) is 2.57. The van der Waals surface area contributed by atoms with E-state index in [2.05, 4.69) is 54.3 Å². The number of hydrogen-bond donors (Lipinski definition) is 1. The van der Waals surface area contributed by atoms with Gasteiger partial charge < -0.3 is 14.6 Å². The summed E-state index contributed by atoms with van der Waals surface area (Å²) in [6.07, 6.45) is 1.95. The molecule has 2 aliphatic heterocycles. The van der Waals surface area contributed by atoms with Crippen molar-refractivity contribution in [1.82, 2.24) is 4.90 Å². The zero-order valence-corrected chi connectivity index (χ0v) is 17.3. The number of phenolic OH excluding ortho intramolecular Hbond substituents is 1. The highest BCUT2D eigenvalue weighted by molar-refractivity contribution is 5.49. The van der Waals surface area contributed by atoms with E-state index in [0.717, 1.165) is 43.0 Å². The van der Waals surface area contributed by atoms with Gasteiger partial charge in [0.15, 0.2) is 17.6 Å². The van der Waals surface area contributed by atoms with E-state index >= 15 is 0 Å². The van der Waals surface area contributed by atoms with E-state index < -0.39 is 0 Å². The number of phenols is 1. The van der Waals surface area contributed by atoms with Crippen LogP contribution in [0.5, 0.6) is 17.2 Å². The zero-order valence-electron chi connectivity index (χ0n) is 17.3. The van der Waals surface area contributed by atoms with Crippen molar-refractivity contribution in [2.24, 2.45) is 0 Å². The minimum Gasteiger partial charge on any atom is -0.508 e. The molecule has 2 atom stereocenters. The van der Waals surface area contributed by atoms with Crippen LogP contribution in [0.15, 0.2) is 66.7 Å². The molecule has 30 heavy (non-hydrogen) atoms. The summed E-state index contributed by atoms with van der Waals surface area (Å²) in [6, 6.07) is 22.7. The maximum absolute atomic E-state index is 9.54. The molecule has 1 N–H and O–H groups in total. The molecule has 0 spiro atoms. The SMILES string of the molecule is CC[C@@H](c1ccccc1)N1CCc2cc3c(cc2C1)OC(c1ccc(O)cc1)CO3. The number of fused-ring (bicyclic) bond motifs is 2. The third-order valence-electron chi connectivity index (χ3n) is 6.24. The summed E-state index contributed by atoms with van der Waals surface area (Å²) in [6.45, 7) is 4.72. The van der Waals surface area contributed by atoms with Gasteiger partial charge in [-0.05, 0) is 59.4 Å². The van der Waals surface area contributed by atoms with Crippen LogP contribution in [0, 0.1) is 0 Å². The molecule has 154 valence electrons. The van der Waals surface area contributed by atoms with Gasteiger partial charge in [0.1, 0.15) is 12.4 Å². The van der Waals surface area contributed by atoms with E-state index in [4.69, 9.17) is 9.47 Å². The van der Waals surface area contributed by atoms with Crippen LogP contribution in [0.3, 0.4) is 0 Å². The Labute approximate surface area is 177 Å². The Morgan fingerprint density at radius 3 is 2.53 bits per heavy atom. The number of aromatic hydroxyl groups is 1.